The molecule has 0 N–H and O–H groups in total. The summed E-state index contributed by atoms with van der Waals surface area (Å²) < 4.78 is 11.4. The van der Waals surface area contributed by atoms with Gasteiger partial charge in [0.05, 0.1) is 5.56 Å². The predicted octanol–water partition coefficient (Wildman–Crippen LogP) is 7.37. The van der Waals surface area contributed by atoms with Gasteiger partial charge in [-0.15, -0.1) is 11.3 Å². The van der Waals surface area contributed by atoms with Crippen molar-refractivity contribution in [1.29, 1.82) is 0 Å². The summed E-state index contributed by atoms with van der Waals surface area (Å²) in [6, 6.07) is 19.9. The van der Waals surface area contributed by atoms with Crippen LogP contribution in [0.2, 0.25) is 0 Å². The van der Waals surface area contributed by atoms with Crippen LogP contribution in [0.1, 0.15) is 16.7 Å². The number of hydrogen-bond acceptors (Lipinski definition) is 2. The highest BCUT2D eigenvalue weighted by atomic mass is 32.1. The number of aryl methyl sites for hydroxylation is 4. The zero-order valence-corrected chi connectivity index (χ0v) is 18.4. The third-order valence-electron chi connectivity index (χ3n) is 6.35. The molecule has 6 rings (SSSR count). The Morgan fingerprint density at radius 3 is 2.43 bits per heavy atom. The number of pyridine rings is 1. The fourth-order valence-corrected chi connectivity index (χ4v) is 5.72. The molecule has 30 heavy (non-hydrogen) atoms. The van der Waals surface area contributed by atoms with Crippen molar-refractivity contribution in [3.05, 3.63) is 77.5 Å². The molecular formula is C27H22NOS+. The summed E-state index contributed by atoms with van der Waals surface area (Å²) in [7, 11) is 2.12. The van der Waals surface area contributed by atoms with Gasteiger partial charge < -0.3 is 4.42 Å². The van der Waals surface area contributed by atoms with Crippen LogP contribution in [-0.4, -0.2) is 0 Å². The highest BCUT2D eigenvalue weighted by Gasteiger charge is 2.22. The first kappa shape index (κ1) is 17.7. The van der Waals surface area contributed by atoms with Crippen molar-refractivity contribution < 1.29 is 8.98 Å². The minimum Gasteiger partial charge on any atom is -0.455 e. The SMILES string of the molecule is Cc1cc(-c2c(C)ccc3c2oc2cc4sc5ccccc5c4cc23)[n+](C)cc1C. The standard InChI is InChI=1S/C27H22NOS/c1-15-9-10-19-20-12-21-18-7-5-6-8-24(18)30-25(21)13-23(20)29-27(19)26(15)22-11-16(2)17(3)14-28(22)4/h5-14H,1-4H3/q+1. The largest absolute Gasteiger partial charge is 0.455 e. The molecule has 3 aromatic carbocycles. The first-order chi connectivity index (χ1) is 14.5. The zero-order chi connectivity index (χ0) is 20.6. The number of nitrogens with zero attached hydrogens (tertiary/aromatic N) is 1. The lowest BCUT2D eigenvalue weighted by Crippen LogP contribution is -2.31. The second-order valence-corrected chi connectivity index (χ2v) is 9.40. The van der Waals surface area contributed by atoms with Gasteiger partial charge >= 0.3 is 0 Å². The van der Waals surface area contributed by atoms with Crippen molar-refractivity contribution >= 4 is 53.4 Å². The third-order valence-corrected chi connectivity index (χ3v) is 7.48. The van der Waals surface area contributed by atoms with E-state index in [4.69, 9.17) is 4.42 Å². The number of aromatic nitrogens is 1. The maximum atomic E-state index is 6.54. The van der Waals surface area contributed by atoms with E-state index in [0.29, 0.717) is 0 Å². The predicted molar refractivity (Wildman–Crippen MR) is 127 cm³/mol. The van der Waals surface area contributed by atoms with E-state index in [-0.39, 0.29) is 0 Å². The molecule has 0 atom stereocenters. The molecule has 0 saturated heterocycles. The molecule has 6 aromatic rings. The Labute approximate surface area is 179 Å². The highest BCUT2D eigenvalue weighted by Crippen LogP contribution is 2.42. The molecule has 0 amide bonds. The van der Waals surface area contributed by atoms with Gasteiger partial charge in [-0.05, 0) is 50.1 Å². The van der Waals surface area contributed by atoms with Gasteiger partial charge in [-0.3, -0.25) is 0 Å². The van der Waals surface area contributed by atoms with Crippen LogP contribution in [0.5, 0.6) is 0 Å². The zero-order valence-electron chi connectivity index (χ0n) is 17.5. The molecule has 3 heteroatoms. The van der Waals surface area contributed by atoms with Gasteiger partial charge in [0, 0.05) is 42.6 Å². The van der Waals surface area contributed by atoms with E-state index in [1.165, 1.54) is 58.9 Å². The quantitative estimate of drug-likeness (QED) is 0.260. The van der Waals surface area contributed by atoms with Crippen LogP contribution in [0.25, 0.3) is 53.4 Å². The Bertz CT molecular complexity index is 1630. The van der Waals surface area contributed by atoms with E-state index >= 15 is 0 Å². The number of hydrogen-bond donors (Lipinski definition) is 0. The molecule has 2 nitrogen and oxygen atoms in total. The summed E-state index contributed by atoms with van der Waals surface area (Å²) in [5.41, 5.74) is 8.13. The minimum atomic E-state index is 0.961. The molecule has 146 valence electrons. The van der Waals surface area contributed by atoms with E-state index in [1.54, 1.807) is 0 Å². The number of furan rings is 1. The first-order valence-corrected chi connectivity index (χ1v) is 11.1. The third kappa shape index (κ3) is 2.39. The average Bonchev–Trinajstić information content (AvgIpc) is 3.26. The normalized spacial score (nSPS) is 12.0. The second-order valence-electron chi connectivity index (χ2n) is 8.31. The summed E-state index contributed by atoms with van der Waals surface area (Å²) in [5.74, 6) is 0. The van der Waals surface area contributed by atoms with Crippen LogP contribution in [0.3, 0.4) is 0 Å². The Hall–Kier alpha value is -3.17. The fraction of sp³-hybridized carbons (Fsp3) is 0.148. The monoisotopic (exact) mass is 408 g/mol. The molecule has 3 aromatic heterocycles. The fourth-order valence-electron chi connectivity index (χ4n) is 4.61. The molecule has 0 bridgehead atoms. The smallest absolute Gasteiger partial charge is 0.216 e. The number of fused-ring (bicyclic) bond motifs is 6. The molecule has 0 saturated carbocycles. The summed E-state index contributed by atoms with van der Waals surface area (Å²) in [4.78, 5) is 0. The van der Waals surface area contributed by atoms with E-state index in [0.717, 1.165) is 11.2 Å². The Kier molecular flexibility index (Phi) is 3.63. The molecule has 0 spiro atoms. The van der Waals surface area contributed by atoms with Crippen molar-refractivity contribution in [1.82, 2.24) is 0 Å². The molecule has 0 aliphatic carbocycles. The second kappa shape index (κ2) is 6.16. The van der Waals surface area contributed by atoms with Crippen molar-refractivity contribution in [2.45, 2.75) is 20.8 Å². The van der Waals surface area contributed by atoms with Gasteiger partial charge in [0.15, 0.2) is 6.20 Å². The van der Waals surface area contributed by atoms with Crippen LogP contribution < -0.4 is 4.57 Å². The van der Waals surface area contributed by atoms with Gasteiger partial charge in [-0.2, -0.15) is 0 Å². The van der Waals surface area contributed by atoms with Crippen molar-refractivity contribution in [3.63, 3.8) is 0 Å². The Morgan fingerprint density at radius 1 is 0.733 bits per heavy atom. The topological polar surface area (TPSA) is 17.0 Å². The lowest BCUT2D eigenvalue weighted by atomic mass is 9.98. The van der Waals surface area contributed by atoms with Crippen molar-refractivity contribution in [2.75, 3.05) is 0 Å². The molecule has 0 radical (unpaired) electrons. The van der Waals surface area contributed by atoms with Gasteiger partial charge in [0.25, 0.3) is 0 Å². The first-order valence-electron chi connectivity index (χ1n) is 10.3. The molecule has 0 unspecified atom stereocenters. The number of rotatable bonds is 1. The van der Waals surface area contributed by atoms with Crippen LogP contribution in [0, 0.1) is 20.8 Å². The number of thiophene rings is 1. The van der Waals surface area contributed by atoms with E-state index < -0.39 is 0 Å². The maximum Gasteiger partial charge on any atom is 0.216 e. The van der Waals surface area contributed by atoms with Crippen LogP contribution in [-0.2, 0) is 7.05 Å². The average molecular weight is 409 g/mol. The molecule has 0 aliphatic heterocycles. The Balaban J connectivity index is 1.73. The van der Waals surface area contributed by atoms with Gasteiger partial charge in [-0.1, -0.05) is 30.3 Å². The Morgan fingerprint density at radius 2 is 1.57 bits per heavy atom. The number of benzene rings is 3. The van der Waals surface area contributed by atoms with Crippen LogP contribution in [0.15, 0.2) is 65.2 Å². The summed E-state index contributed by atoms with van der Waals surface area (Å²) in [6.45, 7) is 6.50. The minimum absolute atomic E-state index is 0.961. The lowest BCUT2D eigenvalue weighted by molar-refractivity contribution is -0.660. The molecular weight excluding hydrogens is 386 g/mol. The molecule has 3 heterocycles. The van der Waals surface area contributed by atoms with Gasteiger partial charge in [0.1, 0.15) is 18.2 Å². The summed E-state index contributed by atoms with van der Waals surface area (Å²) >= 11 is 1.83. The van der Waals surface area contributed by atoms with Crippen molar-refractivity contribution in [3.8, 4) is 11.3 Å². The van der Waals surface area contributed by atoms with E-state index in [1.807, 2.05) is 11.3 Å². The highest BCUT2D eigenvalue weighted by molar-refractivity contribution is 7.25. The summed E-state index contributed by atoms with van der Waals surface area (Å²) in [6.07, 6.45) is 2.20. The van der Waals surface area contributed by atoms with E-state index in [2.05, 4.69) is 93.2 Å². The lowest BCUT2D eigenvalue weighted by Gasteiger charge is -2.07. The van der Waals surface area contributed by atoms with Gasteiger partial charge in [-0.25, -0.2) is 4.57 Å². The molecule has 0 aliphatic rings. The van der Waals surface area contributed by atoms with Crippen LogP contribution >= 0.6 is 11.3 Å². The summed E-state index contributed by atoms with van der Waals surface area (Å²) in [5, 5.41) is 5.00. The van der Waals surface area contributed by atoms with Gasteiger partial charge in [0.2, 0.25) is 5.69 Å². The maximum absolute atomic E-state index is 6.54. The van der Waals surface area contributed by atoms with Crippen molar-refractivity contribution in [2.24, 2.45) is 7.05 Å². The molecule has 0 fully saturated rings. The van der Waals surface area contributed by atoms with Crippen LogP contribution in [0.4, 0.5) is 0 Å². The van der Waals surface area contributed by atoms with E-state index in [9.17, 15) is 0 Å².